The van der Waals surface area contributed by atoms with E-state index in [0.717, 1.165) is 37.9 Å². The van der Waals surface area contributed by atoms with E-state index in [9.17, 15) is 29.4 Å². The number of carbonyl (C=O) groups excluding carboxylic acids is 4. The van der Waals surface area contributed by atoms with Gasteiger partial charge in [-0.1, -0.05) is 33.3 Å². The average molecular weight is 633 g/mol. The number of nitrogens with one attached hydrogen (secondary N) is 1. The van der Waals surface area contributed by atoms with Crippen LogP contribution in [0.3, 0.4) is 0 Å². The Morgan fingerprint density at radius 2 is 1.80 bits per heavy atom. The Balaban J connectivity index is 1.19. The summed E-state index contributed by atoms with van der Waals surface area (Å²) in [7, 11) is 0. The van der Waals surface area contributed by atoms with Crippen molar-refractivity contribution in [2.75, 3.05) is 32.8 Å². The molecule has 0 aromatic carbocycles. The van der Waals surface area contributed by atoms with E-state index in [0.29, 0.717) is 45.1 Å². The number of likely N-dealkylation sites (N-methyl/N-ethyl adjacent to an activating group) is 1. The number of amides is 1. The Morgan fingerprint density at radius 1 is 1.07 bits per heavy atom. The summed E-state index contributed by atoms with van der Waals surface area (Å²) in [6.07, 6.45) is 6.56. The second kappa shape index (κ2) is 14.6. The topological polar surface area (TPSA) is 142 Å². The molecular formula is C35H56N2O8. The molecule has 4 aliphatic carbocycles. The first-order valence-electron chi connectivity index (χ1n) is 17.3. The van der Waals surface area contributed by atoms with Gasteiger partial charge in [0, 0.05) is 30.8 Å². The zero-order valence-electron chi connectivity index (χ0n) is 28.1. The molecule has 254 valence electrons. The minimum absolute atomic E-state index is 0.0111. The van der Waals surface area contributed by atoms with Gasteiger partial charge in [0.25, 0.3) is 0 Å². The smallest absolute Gasteiger partial charge is 0.434 e. The first-order chi connectivity index (χ1) is 21.3. The maximum Gasteiger partial charge on any atom is 0.508 e. The zero-order chi connectivity index (χ0) is 33.0. The Bertz CT molecular complexity index is 1140. The molecule has 1 unspecified atom stereocenters. The predicted octanol–water partition coefficient (Wildman–Crippen LogP) is 4.35. The Labute approximate surface area is 268 Å². The minimum atomic E-state index is -1.70. The van der Waals surface area contributed by atoms with Crippen molar-refractivity contribution in [3.05, 3.63) is 11.6 Å². The monoisotopic (exact) mass is 632 g/mol. The highest BCUT2D eigenvalue weighted by molar-refractivity contribution is 5.92. The third kappa shape index (κ3) is 7.18. The van der Waals surface area contributed by atoms with Gasteiger partial charge < -0.3 is 25.0 Å². The quantitative estimate of drug-likeness (QED) is 0.188. The van der Waals surface area contributed by atoms with Gasteiger partial charge in [-0.3, -0.25) is 19.3 Å². The predicted molar refractivity (Wildman–Crippen MR) is 169 cm³/mol. The SMILES string of the molecule is CCN(CC)C(C)CNC(=O)CCCCCOC(=O)OCC(=O)[C@@]1(O)CC[C@H]2[C@@H]3CCC4=CC(=O)CC[C@]4(C)[C@H]3[C@@H](O)C[C@@]21C. The number of fused-ring (bicyclic) bond motifs is 5. The molecule has 10 heteroatoms. The summed E-state index contributed by atoms with van der Waals surface area (Å²) in [6.45, 7) is 12.4. The number of carbonyl (C=O) groups is 4. The molecule has 10 nitrogen and oxygen atoms in total. The van der Waals surface area contributed by atoms with Crippen LogP contribution in [0.15, 0.2) is 11.6 Å². The number of ketones is 2. The van der Waals surface area contributed by atoms with Crippen molar-refractivity contribution in [2.24, 2.45) is 28.6 Å². The molecule has 3 saturated carbocycles. The largest absolute Gasteiger partial charge is 0.508 e. The highest BCUT2D eigenvalue weighted by Gasteiger charge is 2.68. The van der Waals surface area contributed by atoms with Crippen LogP contribution in [0.25, 0.3) is 0 Å². The van der Waals surface area contributed by atoms with E-state index >= 15 is 0 Å². The molecule has 3 fully saturated rings. The van der Waals surface area contributed by atoms with Gasteiger partial charge in [0.2, 0.25) is 11.7 Å². The van der Waals surface area contributed by atoms with Gasteiger partial charge in [-0.2, -0.15) is 0 Å². The van der Waals surface area contributed by atoms with Gasteiger partial charge >= 0.3 is 6.16 Å². The standard InChI is InChI=1S/C35H56N2O8/c1-6-37(7-2)23(3)21-36-30(41)11-9-8-10-18-44-32(42)45-22-29(40)35(43)17-15-27-26-13-12-24-19-25(38)14-16-33(24,4)31(26)28(39)20-34(27,35)5/h19,23,26-28,31,39,43H,6-18,20-22H2,1-5H3,(H,36,41)/t23?,26-,27-,28-,31+,33-,34-,35-/m0/s1. The van der Waals surface area contributed by atoms with Crippen molar-refractivity contribution in [2.45, 2.75) is 123 Å². The Hall–Kier alpha value is -2.30. The second-order valence-corrected chi connectivity index (χ2v) is 14.5. The molecule has 0 radical (unpaired) electrons. The molecule has 4 aliphatic rings. The van der Waals surface area contributed by atoms with Crippen molar-refractivity contribution >= 4 is 23.6 Å². The molecule has 0 bridgehead atoms. The van der Waals surface area contributed by atoms with Crippen LogP contribution < -0.4 is 5.32 Å². The lowest BCUT2D eigenvalue weighted by Gasteiger charge is -2.60. The van der Waals surface area contributed by atoms with E-state index in [2.05, 4.69) is 37.9 Å². The van der Waals surface area contributed by atoms with E-state index < -0.39 is 35.7 Å². The highest BCUT2D eigenvalue weighted by Crippen LogP contribution is 2.67. The summed E-state index contributed by atoms with van der Waals surface area (Å²) in [5.41, 5.74) is -1.64. The van der Waals surface area contributed by atoms with Gasteiger partial charge in [-0.25, -0.2) is 4.79 Å². The molecule has 45 heavy (non-hydrogen) atoms. The van der Waals surface area contributed by atoms with Crippen molar-refractivity contribution in [1.82, 2.24) is 10.2 Å². The second-order valence-electron chi connectivity index (χ2n) is 14.5. The van der Waals surface area contributed by atoms with E-state index in [-0.39, 0.29) is 60.3 Å². The maximum absolute atomic E-state index is 13.4. The maximum atomic E-state index is 13.4. The van der Waals surface area contributed by atoms with Gasteiger partial charge in [0.05, 0.1) is 12.7 Å². The van der Waals surface area contributed by atoms with Crippen LogP contribution in [0.4, 0.5) is 4.79 Å². The van der Waals surface area contributed by atoms with E-state index in [1.807, 2.05) is 6.92 Å². The Kier molecular flexibility index (Phi) is 11.6. The molecule has 0 saturated heterocycles. The third-order valence-corrected chi connectivity index (χ3v) is 12.1. The zero-order valence-corrected chi connectivity index (χ0v) is 28.1. The summed E-state index contributed by atoms with van der Waals surface area (Å²) in [5.74, 6) is -0.198. The summed E-state index contributed by atoms with van der Waals surface area (Å²) in [5, 5.41) is 26.3. The van der Waals surface area contributed by atoms with Crippen LogP contribution in [-0.4, -0.2) is 89.3 Å². The molecule has 0 spiro atoms. The van der Waals surface area contributed by atoms with Crippen molar-refractivity contribution < 1.29 is 38.9 Å². The van der Waals surface area contributed by atoms with Crippen LogP contribution in [0.1, 0.15) is 105 Å². The number of ether oxygens (including phenoxy) is 2. The normalized spacial score (nSPS) is 34.7. The number of aliphatic hydroxyl groups excluding tert-OH is 1. The summed E-state index contributed by atoms with van der Waals surface area (Å²) < 4.78 is 10.3. The molecule has 4 rings (SSSR count). The summed E-state index contributed by atoms with van der Waals surface area (Å²) in [4.78, 5) is 52.2. The van der Waals surface area contributed by atoms with Crippen molar-refractivity contribution in [3.63, 3.8) is 0 Å². The fourth-order valence-corrected chi connectivity index (χ4v) is 9.48. The average Bonchev–Trinajstić information content (AvgIpc) is 3.27. The minimum Gasteiger partial charge on any atom is -0.434 e. The molecule has 8 atom stereocenters. The molecular weight excluding hydrogens is 576 g/mol. The van der Waals surface area contributed by atoms with Crippen LogP contribution in [0, 0.1) is 28.6 Å². The molecule has 0 aromatic heterocycles. The third-order valence-electron chi connectivity index (χ3n) is 12.1. The van der Waals surface area contributed by atoms with Crippen LogP contribution in [-0.2, 0) is 23.9 Å². The number of aliphatic hydroxyl groups is 2. The lowest BCUT2D eigenvalue weighted by atomic mass is 9.45. The Morgan fingerprint density at radius 3 is 2.51 bits per heavy atom. The molecule has 3 N–H and O–H groups in total. The first kappa shape index (κ1) is 35.6. The van der Waals surface area contributed by atoms with E-state index in [1.165, 1.54) is 0 Å². The lowest BCUT2D eigenvalue weighted by molar-refractivity contribution is -0.182. The number of nitrogens with zero attached hydrogens (tertiary/aromatic N) is 1. The van der Waals surface area contributed by atoms with Crippen LogP contribution in [0.2, 0.25) is 0 Å². The van der Waals surface area contributed by atoms with Crippen molar-refractivity contribution in [1.29, 1.82) is 0 Å². The number of unbranched alkanes of at least 4 members (excludes halogenated alkanes) is 2. The molecule has 0 aromatic rings. The van der Waals surface area contributed by atoms with Crippen LogP contribution >= 0.6 is 0 Å². The number of hydrogen-bond donors (Lipinski definition) is 3. The highest BCUT2D eigenvalue weighted by atomic mass is 16.7. The summed E-state index contributed by atoms with van der Waals surface area (Å²) >= 11 is 0. The molecule has 1 amide bonds. The van der Waals surface area contributed by atoms with Crippen molar-refractivity contribution in [3.8, 4) is 0 Å². The van der Waals surface area contributed by atoms with Gasteiger partial charge in [0.15, 0.2) is 12.4 Å². The van der Waals surface area contributed by atoms with E-state index in [1.54, 1.807) is 6.08 Å². The number of rotatable bonds is 14. The number of hydrogen-bond acceptors (Lipinski definition) is 9. The summed E-state index contributed by atoms with van der Waals surface area (Å²) in [6, 6.07) is 0.285. The fraction of sp³-hybridized carbons (Fsp3) is 0.829. The first-order valence-corrected chi connectivity index (χ1v) is 17.3. The van der Waals surface area contributed by atoms with Gasteiger partial charge in [-0.05, 0) is 107 Å². The fourth-order valence-electron chi connectivity index (χ4n) is 9.48. The number of allylic oxidation sites excluding steroid dienone is 1. The van der Waals surface area contributed by atoms with E-state index in [4.69, 9.17) is 9.47 Å². The van der Waals surface area contributed by atoms with Crippen LogP contribution in [0.5, 0.6) is 0 Å². The number of Topliss-reactive ketones (excluding diaryl/α,β-unsaturated/α-hetero) is 1. The molecule has 0 aliphatic heterocycles. The van der Waals surface area contributed by atoms with Gasteiger partial charge in [-0.15, -0.1) is 0 Å². The van der Waals surface area contributed by atoms with Gasteiger partial charge in [0.1, 0.15) is 5.60 Å². The molecule has 0 heterocycles. The lowest BCUT2D eigenvalue weighted by Crippen LogP contribution is -2.62.